The van der Waals surface area contributed by atoms with Crippen LogP contribution in [-0.2, 0) is 0 Å². The van der Waals surface area contributed by atoms with Crippen molar-refractivity contribution in [2.75, 3.05) is 26.2 Å². The predicted molar refractivity (Wildman–Crippen MR) is 61.5 cm³/mol. The Bertz CT molecular complexity index is 415. The van der Waals surface area contributed by atoms with Gasteiger partial charge >= 0.3 is 0 Å². The quantitative estimate of drug-likeness (QED) is 0.766. The molecule has 1 aliphatic heterocycles. The summed E-state index contributed by atoms with van der Waals surface area (Å²) in [5.41, 5.74) is 0.0342. The van der Waals surface area contributed by atoms with E-state index < -0.39 is 5.82 Å². The summed E-state index contributed by atoms with van der Waals surface area (Å²) in [5, 5.41) is 12.8. The summed E-state index contributed by atoms with van der Waals surface area (Å²) >= 11 is 0. The zero-order chi connectivity index (χ0) is 12.3. The first-order valence-corrected chi connectivity index (χ1v) is 5.67. The zero-order valence-corrected chi connectivity index (χ0v) is 9.45. The summed E-state index contributed by atoms with van der Waals surface area (Å²) in [5.74, 6) is -1.00. The van der Waals surface area contributed by atoms with Gasteiger partial charge in [-0.2, -0.15) is 0 Å². The number of amides is 1. The molecule has 1 aromatic carbocycles. The molecule has 1 amide bonds. The van der Waals surface area contributed by atoms with Gasteiger partial charge in [0.1, 0.15) is 11.6 Å². The Morgan fingerprint density at radius 2 is 2.18 bits per heavy atom. The van der Waals surface area contributed by atoms with Gasteiger partial charge in [0.05, 0.1) is 5.56 Å². The first kappa shape index (κ1) is 11.9. The molecule has 1 aliphatic rings. The predicted octanol–water partition coefficient (Wildman–Crippen LogP) is 0.967. The fourth-order valence-electron chi connectivity index (χ4n) is 1.90. The number of halogens is 1. The Morgan fingerprint density at radius 3 is 3.00 bits per heavy atom. The average Bonchev–Trinajstić information content (AvgIpc) is 2.60. The fourth-order valence-corrected chi connectivity index (χ4v) is 1.90. The highest BCUT2D eigenvalue weighted by Crippen LogP contribution is 2.20. The van der Waals surface area contributed by atoms with Crippen LogP contribution < -0.4 is 5.32 Å². The molecule has 5 heteroatoms. The van der Waals surface area contributed by atoms with Gasteiger partial charge < -0.3 is 15.3 Å². The SMILES string of the molecule is O=C(c1cc(F)ccc1O)N1CCCNCC1. The first-order chi connectivity index (χ1) is 8.18. The highest BCUT2D eigenvalue weighted by molar-refractivity contribution is 5.96. The van der Waals surface area contributed by atoms with Gasteiger partial charge in [0.2, 0.25) is 0 Å². The van der Waals surface area contributed by atoms with E-state index in [1.54, 1.807) is 4.90 Å². The molecule has 0 spiro atoms. The van der Waals surface area contributed by atoms with Crippen LogP contribution in [0.1, 0.15) is 16.8 Å². The Morgan fingerprint density at radius 1 is 1.35 bits per heavy atom. The minimum Gasteiger partial charge on any atom is -0.507 e. The Labute approximate surface area is 99.0 Å². The molecule has 1 saturated heterocycles. The van der Waals surface area contributed by atoms with Crippen LogP contribution in [0.5, 0.6) is 5.75 Å². The molecule has 0 atom stereocenters. The number of rotatable bonds is 1. The second-order valence-electron chi connectivity index (χ2n) is 4.06. The molecule has 4 nitrogen and oxygen atoms in total. The minimum absolute atomic E-state index is 0.0342. The van der Waals surface area contributed by atoms with Crippen molar-refractivity contribution in [3.05, 3.63) is 29.6 Å². The van der Waals surface area contributed by atoms with Crippen molar-refractivity contribution in [1.82, 2.24) is 10.2 Å². The number of nitrogens with one attached hydrogen (secondary N) is 1. The van der Waals surface area contributed by atoms with E-state index in [0.717, 1.165) is 31.6 Å². The fraction of sp³-hybridized carbons (Fsp3) is 0.417. The number of aromatic hydroxyl groups is 1. The van der Waals surface area contributed by atoms with E-state index >= 15 is 0 Å². The maximum absolute atomic E-state index is 13.1. The molecular formula is C12H15FN2O2. The van der Waals surface area contributed by atoms with Crippen molar-refractivity contribution in [3.8, 4) is 5.75 Å². The van der Waals surface area contributed by atoms with Gasteiger partial charge in [0, 0.05) is 19.6 Å². The van der Waals surface area contributed by atoms with E-state index in [1.807, 2.05) is 0 Å². The van der Waals surface area contributed by atoms with Crippen molar-refractivity contribution in [3.63, 3.8) is 0 Å². The van der Waals surface area contributed by atoms with Crippen LogP contribution in [0.3, 0.4) is 0 Å². The molecule has 0 bridgehead atoms. The molecule has 1 aromatic rings. The summed E-state index contributed by atoms with van der Waals surface area (Å²) in [4.78, 5) is 13.7. The van der Waals surface area contributed by atoms with Crippen molar-refractivity contribution < 1.29 is 14.3 Å². The molecule has 2 N–H and O–H groups in total. The smallest absolute Gasteiger partial charge is 0.257 e. The van der Waals surface area contributed by atoms with Gasteiger partial charge in [-0.05, 0) is 31.2 Å². The molecule has 1 heterocycles. The second-order valence-corrected chi connectivity index (χ2v) is 4.06. The molecule has 0 saturated carbocycles. The molecule has 0 aliphatic carbocycles. The number of nitrogens with zero attached hydrogens (tertiary/aromatic N) is 1. The average molecular weight is 238 g/mol. The zero-order valence-electron chi connectivity index (χ0n) is 9.45. The van der Waals surface area contributed by atoms with Gasteiger partial charge in [-0.15, -0.1) is 0 Å². The van der Waals surface area contributed by atoms with Gasteiger partial charge in [-0.25, -0.2) is 4.39 Å². The van der Waals surface area contributed by atoms with Crippen LogP contribution in [0.2, 0.25) is 0 Å². The molecule has 0 radical (unpaired) electrons. The maximum Gasteiger partial charge on any atom is 0.257 e. The first-order valence-electron chi connectivity index (χ1n) is 5.67. The minimum atomic E-state index is -0.515. The van der Waals surface area contributed by atoms with Crippen LogP contribution in [0.15, 0.2) is 18.2 Å². The van der Waals surface area contributed by atoms with Crippen LogP contribution >= 0.6 is 0 Å². The third-order valence-electron chi connectivity index (χ3n) is 2.82. The number of carbonyl (C=O) groups is 1. The Balaban J connectivity index is 2.20. The normalized spacial score (nSPS) is 16.6. The van der Waals surface area contributed by atoms with E-state index in [2.05, 4.69) is 5.32 Å². The van der Waals surface area contributed by atoms with Crippen LogP contribution in [0.4, 0.5) is 4.39 Å². The van der Waals surface area contributed by atoms with Crippen molar-refractivity contribution in [1.29, 1.82) is 0 Å². The summed E-state index contributed by atoms with van der Waals surface area (Å²) in [7, 11) is 0. The summed E-state index contributed by atoms with van der Waals surface area (Å²) in [6, 6.07) is 3.42. The molecule has 17 heavy (non-hydrogen) atoms. The molecule has 0 aromatic heterocycles. The lowest BCUT2D eigenvalue weighted by Crippen LogP contribution is -2.34. The van der Waals surface area contributed by atoms with Crippen molar-refractivity contribution in [2.24, 2.45) is 0 Å². The Hall–Kier alpha value is -1.62. The monoisotopic (exact) mass is 238 g/mol. The van der Waals surface area contributed by atoms with Gasteiger partial charge in [-0.1, -0.05) is 0 Å². The highest BCUT2D eigenvalue weighted by atomic mass is 19.1. The Kier molecular flexibility index (Phi) is 3.58. The van der Waals surface area contributed by atoms with Gasteiger partial charge in [0.15, 0.2) is 0 Å². The number of hydrogen-bond donors (Lipinski definition) is 2. The molecule has 2 rings (SSSR count). The largest absolute Gasteiger partial charge is 0.507 e. The number of carbonyl (C=O) groups excluding carboxylic acids is 1. The summed E-state index contributed by atoms with van der Waals surface area (Å²) < 4.78 is 13.1. The number of phenolic OH excluding ortho intramolecular Hbond substituents is 1. The molecule has 1 fully saturated rings. The standard InChI is InChI=1S/C12H15FN2O2/c13-9-2-3-11(16)10(8-9)12(17)15-6-1-4-14-5-7-15/h2-3,8,14,16H,1,4-7H2. The van der Waals surface area contributed by atoms with E-state index in [9.17, 15) is 14.3 Å². The lowest BCUT2D eigenvalue weighted by atomic mass is 10.1. The lowest BCUT2D eigenvalue weighted by Gasteiger charge is -2.20. The van der Waals surface area contributed by atoms with E-state index in [4.69, 9.17) is 0 Å². The van der Waals surface area contributed by atoms with E-state index in [1.165, 1.54) is 6.07 Å². The highest BCUT2D eigenvalue weighted by Gasteiger charge is 2.20. The van der Waals surface area contributed by atoms with Crippen molar-refractivity contribution in [2.45, 2.75) is 6.42 Å². The topological polar surface area (TPSA) is 52.6 Å². The maximum atomic E-state index is 13.1. The summed E-state index contributed by atoms with van der Waals surface area (Å²) in [6.07, 6.45) is 0.863. The van der Waals surface area contributed by atoms with Crippen LogP contribution in [-0.4, -0.2) is 42.1 Å². The summed E-state index contributed by atoms with van der Waals surface area (Å²) in [6.45, 7) is 2.80. The number of phenols is 1. The number of hydrogen-bond acceptors (Lipinski definition) is 3. The lowest BCUT2D eigenvalue weighted by molar-refractivity contribution is 0.0763. The van der Waals surface area contributed by atoms with Gasteiger partial charge in [0.25, 0.3) is 5.91 Å². The third kappa shape index (κ3) is 2.74. The van der Waals surface area contributed by atoms with Crippen molar-refractivity contribution >= 4 is 5.91 Å². The number of benzene rings is 1. The van der Waals surface area contributed by atoms with E-state index in [-0.39, 0.29) is 17.2 Å². The molecule has 92 valence electrons. The van der Waals surface area contributed by atoms with E-state index in [0.29, 0.717) is 13.1 Å². The third-order valence-corrected chi connectivity index (χ3v) is 2.82. The van der Waals surface area contributed by atoms with Gasteiger partial charge in [-0.3, -0.25) is 4.79 Å². The second kappa shape index (κ2) is 5.14. The molecule has 0 unspecified atom stereocenters. The van der Waals surface area contributed by atoms with Crippen LogP contribution in [0.25, 0.3) is 0 Å². The van der Waals surface area contributed by atoms with Crippen LogP contribution in [0, 0.1) is 5.82 Å². The molecular weight excluding hydrogens is 223 g/mol.